The summed E-state index contributed by atoms with van der Waals surface area (Å²) in [5.74, 6) is 1.08. The number of rotatable bonds is 8. The van der Waals surface area contributed by atoms with Gasteiger partial charge in [-0.05, 0) is 49.2 Å². The highest BCUT2D eigenvalue weighted by Crippen LogP contribution is 2.21. The smallest absolute Gasteiger partial charge is 0.119 e. The van der Waals surface area contributed by atoms with E-state index >= 15 is 0 Å². The maximum absolute atomic E-state index is 12.1. The van der Waals surface area contributed by atoms with Gasteiger partial charge in [-0.2, -0.15) is 3.89 Å². The predicted molar refractivity (Wildman–Crippen MR) is 114 cm³/mol. The summed E-state index contributed by atoms with van der Waals surface area (Å²) in [6, 6.07) is 12.8. The average Bonchev–Trinajstić information content (AvgIpc) is 2.68. The van der Waals surface area contributed by atoms with E-state index in [0.29, 0.717) is 18.1 Å². The monoisotopic (exact) mass is 390 g/mol. The number of allylic oxidation sites excluding steroid dienone is 1. The van der Waals surface area contributed by atoms with E-state index in [2.05, 4.69) is 6.58 Å². The van der Waals surface area contributed by atoms with E-state index in [1.165, 1.54) is 5.56 Å². The first kappa shape index (κ1) is 22.8. The number of ether oxygens (including phenoxy) is 1. The third kappa shape index (κ3) is 8.80. The lowest BCUT2D eigenvalue weighted by molar-refractivity contribution is 0.177. The van der Waals surface area contributed by atoms with Crippen molar-refractivity contribution >= 4 is 24.3 Å². The number of aliphatic hydroxyl groups excluding tert-OH is 1. The number of phenolic OH excluding ortho intramolecular Hbond substituents is 1. The number of hydrogen-bond donors (Lipinski definition) is 2. The Labute approximate surface area is 165 Å². The quantitative estimate of drug-likeness (QED) is 0.610. The molecule has 0 spiro atoms. The molecular weight excluding hydrogens is 363 g/mol. The molecule has 27 heavy (non-hydrogen) atoms. The Kier molecular flexibility index (Phi) is 11.0. The van der Waals surface area contributed by atoms with Crippen molar-refractivity contribution in [2.45, 2.75) is 13.8 Å². The van der Waals surface area contributed by atoms with E-state index in [1.807, 2.05) is 56.3 Å². The molecule has 0 amide bonds. The molecule has 0 bridgehead atoms. The fraction of sp³-hybridized carbons (Fsp3) is 0.273. The van der Waals surface area contributed by atoms with E-state index in [9.17, 15) is 3.89 Å². The highest BCUT2D eigenvalue weighted by Gasteiger charge is 2.09. The minimum atomic E-state index is -0.195. The molecule has 0 radical (unpaired) electrons. The van der Waals surface area contributed by atoms with E-state index in [-0.39, 0.29) is 30.4 Å². The summed E-state index contributed by atoms with van der Waals surface area (Å²) >= 11 is 0.222. The van der Waals surface area contributed by atoms with Crippen molar-refractivity contribution in [1.29, 1.82) is 0 Å². The molecule has 2 rings (SSSR count). The first-order valence-electron chi connectivity index (χ1n) is 8.66. The number of benzene rings is 2. The van der Waals surface area contributed by atoms with Gasteiger partial charge in [0.25, 0.3) is 0 Å². The molecule has 1 unspecified atom stereocenters. The molecule has 1 atom stereocenters. The maximum Gasteiger partial charge on any atom is 0.119 e. The molecule has 3 nitrogen and oxygen atoms in total. The lowest BCUT2D eigenvalue weighted by atomic mass is 10.1. The van der Waals surface area contributed by atoms with Crippen molar-refractivity contribution in [3.05, 3.63) is 71.8 Å². The molecule has 2 N–H and O–H groups in total. The molecule has 0 saturated carbocycles. The van der Waals surface area contributed by atoms with Crippen LogP contribution >= 0.6 is 12.1 Å². The van der Waals surface area contributed by atoms with Crippen LogP contribution in [0.5, 0.6) is 11.5 Å². The van der Waals surface area contributed by atoms with Crippen LogP contribution < -0.4 is 4.74 Å². The molecule has 2 aromatic carbocycles. The number of aromatic hydroxyl groups is 1. The third-order valence-corrected chi connectivity index (χ3v) is 4.30. The number of aryl methyl sites for hydroxylation is 1. The van der Waals surface area contributed by atoms with Crippen LogP contribution in [-0.4, -0.2) is 29.2 Å². The van der Waals surface area contributed by atoms with Gasteiger partial charge in [-0.1, -0.05) is 48.6 Å². The summed E-state index contributed by atoms with van der Waals surface area (Å²) < 4.78 is 17.7. The summed E-state index contributed by atoms with van der Waals surface area (Å²) in [6.45, 7) is 7.92. The Balaban J connectivity index is 0.000000377. The van der Waals surface area contributed by atoms with Gasteiger partial charge in [-0.15, -0.1) is 0 Å². The summed E-state index contributed by atoms with van der Waals surface area (Å²) in [5.41, 5.74) is 3.22. The van der Waals surface area contributed by atoms with E-state index in [4.69, 9.17) is 14.9 Å². The first-order chi connectivity index (χ1) is 13.0. The average molecular weight is 391 g/mol. The minimum absolute atomic E-state index is 0.0800. The van der Waals surface area contributed by atoms with Gasteiger partial charge in [0.2, 0.25) is 0 Å². The predicted octanol–water partition coefficient (Wildman–Crippen LogP) is 5.67. The largest absolute Gasteiger partial charge is 0.508 e. The zero-order chi connectivity index (χ0) is 20.1. The van der Waals surface area contributed by atoms with Gasteiger partial charge >= 0.3 is 0 Å². The molecular formula is C22H27FO3S. The lowest BCUT2D eigenvalue weighted by Crippen LogP contribution is -2.18. The molecule has 0 heterocycles. The normalized spacial score (nSPS) is 11.6. The lowest BCUT2D eigenvalue weighted by Gasteiger charge is -2.14. The van der Waals surface area contributed by atoms with Crippen LogP contribution in [0.2, 0.25) is 0 Å². The second-order valence-electron chi connectivity index (χ2n) is 5.97. The fourth-order valence-corrected chi connectivity index (χ4v) is 2.53. The topological polar surface area (TPSA) is 49.7 Å². The molecule has 5 heteroatoms. The van der Waals surface area contributed by atoms with Gasteiger partial charge in [-0.25, -0.2) is 0 Å². The second-order valence-corrected chi connectivity index (χ2v) is 6.52. The maximum atomic E-state index is 12.1. The van der Waals surface area contributed by atoms with E-state index in [1.54, 1.807) is 18.2 Å². The highest BCUT2D eigenvalue weighted by molar-refractivity contribution is 7.94. The SMILES string of the molecule is C=Cc1ccc(OCC(CO)CSF)cc1/C=C\C.Cc1ccc(O)cc1. The van der Waals surface area contributed by atoms with Crippen LogP contribution in [0.3, 0.4) is 0 Å². The van der Waals surface area contributed by atoms with Gasteiger partial charge in [0, 0.05) is 23.8 Å². The van der Waals surface area contributed by atoms with Crippen LogP contribution in [0, 0.1) is 12.8 Å². The van der Waals surface area contributed by atoms with Gasteiger partial charge < -0.3 is 14.9 Å². The third-order valence-electron chi connectivity index (χ3n) is 3.70. The molecule has 2 aromatic rings. The molecule has 0 fully saturated rings. The van der Waals surface area contributed by atoms with Crippen LogP contribution in [0.25, 0.3) is 12.2 Å². The van der Waals surface area contributed by atoms with Gasteiger partial charge in [0.05, 0.1) is 13.2 Å². The Morgan fingerprint density at radius 2 is 1.89 bits per heavy atom. The van der Waals surface area contributed by atoms with Crippen LogP contribution in [-0.2, 0) is 0 Å². The molecule has 0 aliphatic rings. The number of halogens is 1. The van der Waals surface area contributed by atoms with Crippen molar-refractivity contribution in [1.82, 2.24) is 0 Å². The first-order valence-corrected chi connectivity index (χ1v) is 9.54. The van der Waals surface area contributed by atoms with Gasteiger partial charge in [-0.3, -0.25) is 0 Å². The second kappa shape index (κ2) is 13.0. The Morgan fingerprint density at radius 3 is 2.41 bits per heavy atom. The van der Waals surface area contributed by atoms with Crippen molar-refractivity contribution < 1.29 is 18.8 Å². The van der Waals surface area contributed by atoms with Gasteiger partial charge in [0.1, 0.15) is 11.5 Å². The Hall–Kier alpha value is -2.24. The fourth-order valence-electron chi connectivity index (χ4n) is 2.15. The zero-order valence-electron chi connectivity index (χ0n) is 15.8. The zero-order valence-corrected chi connectivity index (χ0v) is 16.6. The number of phenols is 1. The van der Waals surface area contributed by atoms with E-state index in [0.717, 1.165) is 11.1 Å². The molecule has 146 valence electrons. The molecule has 0 aliphatic carbocycles. The number of hydrogen-bond acceptors (Lipinski definition) is 4. The molecule has 0 aliphatic heterocycles. The van der Waals surface area contributed by atoms with E-state index < -0.39 is 0 Å². The van der Waals surface area contributed by atoms with Crippen LogP contribution in [0.1, 0.15) is 23.6 Å². The summed E-state index contributed by atoms with van der Waals surface area (Å²) in [6.07, 6.45) is 5.71. The standard InChI is InChI=1S/C15H19FO2S.C7H8O/c1-3-5-14-8-15(7-6-13(14)4-2)18-10-12(9-17)11-19-16;1-6-2-4-7(8)5-3-6/h3-8,12,17H,2,9-11H2,1H3;2-5,8H,1H3/b5-3-;. The highest BCUT2D eigenvalue weighted by atomic mass is 32.2. The van der Waals surface area contributed by atoms with Crippen molar-refractivity contribution in [3.63, 3.8) is 0 Å². The summed E-state index contributed by atoms with van der Waals surface area (Å²) in [4.78, 5) is 0. The summed E-state index contributed by atoms with van der Waals surface area (Å²) in [5, 5.41) is 17.8. The Bertz CT molecular complexity index is 693. The van der Waals surface area contributed by atoms with Crippen molar-refractivity contribution in [2.75, 3.05) is 19.0 Å². The Morgan fingerprint density at radius 1 is 1.19 bits per heavy atom. The number of aliphatic hydroxyl groups is 1. The van der Waals surface area contributed by atoms with Gasteiger partial charge in [0.15, 0.2) is 0 Å². The van der Waals surface area contributed by atoms with Crippen molar-refractivity contribution in [2.24, 2.45) is 5.92 Å². The van der Waals surface area contributed by atoms with Crippen LogP contribution in [0.4, 0.5) is 3.89 Å². The van der Waals surface area contributed by atoms with Crippen LogP contribution in [0.15, 0.2) is 55.1 Å². The molecule has 0 aromatic heterocycles. The minimum Gasteiger partial charge on any atom is -0.508 e. The summed E-state index contributed by atoms with van der Waals surface area (Å²) in [7, 11) is 0. The molecule has 0 saturated heterocycles. The van der Waals surface area contributed by atoms with Crippen molar-refractivity contribution in [3.8, 4) is 11.5 Å².